The van der Waals surface area contributed by atoms with Crippen LogP contribution in [0.25, 0.3) is 10.1 Å². The molecule has 0 unspecified atom stereocenters. The van der Waals surface area contributed by atoms with Gasteiger partial charge in [0.05, 0.1) is 39.7 Å². The van der Waals surface area contributed by atoms with Gasteiger partial charge >= 0.3 is 5.97 Å². The van der Waals surface area contributed by atoms with E-state index in [4.69, 9.17) is 35.3 Å². The minimum atomic E-state index is -0.561. The standard InChI is InChI=1S/C27H23ClN2O7S/c1-33-18-9-10-19-22(13-18)38-25(23(19)28)27(32)37-17-7-5-15(6-8-17)14-29-30-26(31)16-11-20(34-2)24(36-4)21(12-16)35-3/h5-14H,1-4H3,(H,30,31)/b29-14+. The number of carbonyl (C=O) groups is 2. The Labute approximate surface area is 227 Å². The minimum Gasteiger partial charge on any atom is -0.497 e. The smallest absolute Gasteiger partial charge is 0.355 e. The quantitative estimate of drug-likeness (QED) is 0.125. The number of benzene rings is 3. The molecule has 0 saturated carbocycles. The number of nitrogens with zero attached hydrogens (tertiary/aromatic N) is 1. The van der Waals surface area contributed by atoms with Gasteiger partial charge in [-0.2, -0.15) is 5.10 Å². The number of hydrazone groups is 1. The van der Waals surface area contributed by atoms with Crippen LogP contribution in [0.4, 0.5) is 0 Å². The van der Waals surface area contributed by atoms with Gasteiger partial charge in [0.15, 0.2) is 11.5 Å². The first kappa shape index (κ1) is 26.8. The Morgan fingerprint density at radius 3 is 2.13 bits per heavy atom. The van der Waals surface area contributed by atoms with E-state index in [1.807, 2.05) is 6.07 Å². The third kappa shape index (κ3) is 5.66. The molecule has 4 aromatic rings. The molecule has 1 aromatic heterocycles. The number of fused-ring (bicyclic) bond motifs is 1. The van der Waals surface area contributed by atoms with E-state index in [1.54, 1.807) is 43.5 Å². The second-order valence-corrected chi connectivity index (χ2v) is 9.11. The number of carbonyl (C=O) groups excluding carboxylic acids is 2. The molecule has 0 radical (unpaired) electrons. The second kappa shape index (κ2) is 11.8. The molecule has 0 aliphatic rings. The summed E-state index contributed by atoms with van der Waals surface area (Å²) in [6.07, 6.45) is 1.46. The van der Waals surface area contributed by atoms with Crippen molar-refractivity contribution >= 4 is 51.1 Å². The summed E-state index contributed by atoms with van der Waals surface area (Å²) in [5, 5.41) is 5.08. The van der Waals surface area contributed by atoms with Crippen molar-refractivity contribution in [3.63, 3.8) is 0 Å². The third-order valence-electron chi connectivity index (χ3n) is 5.42. The van der Waals surface area contributed by atoms with Gasteiger partial charge in [-0.25, -0.2) is 10.2 Å². The molecule has 0 bridgehead atoms. The molecule has 1 N–H and O–H groups in total. The molecule has 196 valence electrons. The Balaban J connectivity index is 1.40. The van der Waals surface area contributed by atoms with Crippen LogP contribution >= 0.6 is 22.9 Å². The van der Waals surface area contributed by atoms with Crippen LogP contribution in [-0.2, 0) is 0 Å². The molecular formula is C27H23ClN2O7S. The maximum absolute atomic E-state index is 12.7. The predicted molar refractivity (Wildman–Crippen MR) is 146 cm³/mol. The van der Waals surface area contributed by atoms with Gasteiger partial charge in [-0.15, -0.1) is 11.3 Å². The van der Waals surface area contributed by atoms with E-state index in [0.29, 0.717) is 44.2 Å². The fourth-order valence-corrected chi connectivity index (χ4v) is 4.93. The van der Waals surface area contributed by atoms with Crippen molar-refractivity contribution in [2.75, 3.05) is 28.4 Å². The molecule has 0 atom stereocenters. The van der Waals surface area contributed by atoms with Crippen molar-refractivity contribution in [1.82, 2.24) is 5.43 Å². The number of hydrogen-bond donors (Lipinski definition) is 1. The average molecular weight is 555 g/mol. The SMILES string of the molecule is COc1ccc2c(Cl)c(C(=O)Oc3ccc(/C=N/NC(=O)c4cc(OC)c(OC)c(OC)c4)cc3)sc2c1. The Bertz CT molecular complexity index is 1490. The van der Waals surface area contributed by atoms with E-state index >= 15 is 0 Å². The van der Waals surface area contributed by atoms with E-state index < -0.39 is 11.9 Å². The number of ether oxygens (including phenoxy) is 5. The Hall–Kier alpha value is -4.28. The van der Waals surface area contributed by atoms with E-state index in [9.17, 15) is 9.59 Å². The number of nitrogens with one attached hydrogen (secondary N) is 1. The Kier molecular flexibility index (Phi) is 8.35. The van der Waals surface area contributed by atoms with E-state index in [2.05, 4.69) is 10.5 Å². The highest BCUT2D eigenvalue weighted by Crippen LogP contribution is 2.39. The highest BCUT2D eigenvalue weighted by Gasteiger charge is 2.20. The van der Waals surface area contributed by atoms with Crippen molar-refractivity contribution in [2.24, 2.45) is 5.10 Å². The highest BCUT2D eigenvalue weighted by atomic mass is 35.5. The van der Waals surface area contributed by atoms with Crippen LogP contribution in [0, 0.1) is 0 Å². The lowest BCUT2D eigenvalue weighted by molar-refractivity contribution is 0.0739. The Morgan fingerprint density at radius 1 is 0.868 bits per heavy atom. The number of halogens is 1. The summed E-state index contributed by atoms with van der Waals surface area (Å²) in [4.78, 5) is 25.6. The molecule has 0 spiro atoms. The number of amides is 1. The number of methoxy groups -OCH3 is 4. The van der Waals surface area contributed by atoms with Crippen LogP contribution in [0.2, 0.25) is 5.02 Å². The summed E-state index contributed by atoms with van der Waals surface area (Å²) < 4.78 is 27.3. The summed E-state index contributed by atoms with van der Waals surface area (Å²) in [5.41, 5.74) is 3.40. The summed E-state index contributed by atoms with van der Waals surface area (Å²) in [6.45, 7) is 0. The van der Waals surface area contributed by atoms with Gasteiger partial charge in [0, 0.05) is 15.6 Å². The summed E-state index contributed by atoms with van der Waals surface area (Å²) >= 11 is 7.64. The lowest BCUT2D eigenvalue weighted by Crippen LogP contribution is -2.18. The molecule has 9 nitrogen and oxygen atoms in total. The van der Waals surface area contributed by atoms with E-state index in [0.717, 1.165) is 10.1 Å². The largest absolute Gasteiger partial charge is 0.497 e. The zero-order valence-electron chi connectivity index (χ0n) is 20.9. The summed E-state index contributed by atoms with van der Waals surface area (Å²) in [7, 11) is 5.98. The lowest BCUT2D eigenvalue weighted by Gasteiger charge is -2.13. The van der Waals surface area contributed by atoms with Gasteiger partial charge in [-0.3, -0.25) is 4.79 Å². The first-order valence-electron chi connectivity index (χ1n) is 11.1. The molecule has 1 heterocycles. The first-order valence-corrected chi connectivity index (χ1v) is 12.3. The number of esters is 1. The maximum atomic E-state index is 12.7. The lowest BCUT2D eigenvalue weighted by atomic mass is 10.1. The molecule has 0 aliphatic heterocycles. The highest BCUT2D eigenvalue weighted by molar-refractivity contribution is 7.21. The van der Waals surface area contributed by atoms with Crippen molar-refractivity contribution < 1.29 is 33.3 Å². The maximum Gasteiger partial charge on any atom is 0.355 e. The summed E-state index contributed by atoms with van der Waals surface area (Å²) in [6, 6.07) is 15.1. The Morgan fingerprint density at radius 2 is 1.53 bits per heavy atom. The van der Waals surface area contributed by atoms with Crippen LogP contribution in [0.3, 0.4) is 0 Å². The van der Waals surface area contributed by atoms with Crippen LogP contribution in [0.15, 0.2) is 59.7 Å². The van der Waals surface area contributed by atoms with Crippen LogP contribution < -0.4 is 29.1 Å². The van der Waals surface area contributed by atoms with Gasteiger partial charge in [-0.05, 0) is 60.2 Å². The van der Waals surface area contributed by atoms with Crippen molar-refractivity contribution in [1.29, 1.82) is 0 Å². The fraction of sp³-hybridized carbons (Fsp3) is 0.148. The molecule has 3 aromatic carbocycles. The predicted octanol–water partition coefficient (Wildman–Crippen LogP) is 5.57. The monoisotopic (exact) mass is 554 g/mol. The van der Waals surface area contributed by atoms with Gasteiger partial charge in [0.1, 0.15) is 16.4 Å². The van der Waals surface area contributed by atoms with Crippen molar-refractivity contribution in [3.05, 3.63) is 75.6 Å². The van der Waals surface area contributed by atoms with Gasteiger partial charge < -0.3 is 23.7 Å². The first-order chi connectivity index (χ1) is 18.4. The molecule has 1 amide bonds. The van der Waals surface area contributed by atoms with Crippen LogP contribution in [-0.4, -0.2) is 46.5 Å². The molecule has 0 fully saturated rings. The molecule has 0 saturated heterocycles. The third-order valence-corrected chi connectivity index (χ3v) is 7.06. The van der Waals surface area contributed by atoms with Crippen LogP contribution in [0.1, 0.15) is 25.6 Å². The molecule has 4 rings (SSSR count). The van der Waals surface area contributed by atoms with E-state index in [1.165, 1.54) is 51.0 Å². The minimum absolute atomic E-state index is 0.275. The van der Waals surface area contributed by atoms with Crippen molar-refractivity contribution in [3.8, 4) is 28.7 Å². The zero-order valence-corrected chi connectivity index (χ0v) is 22.4. The van der Waals surface area contributed by atoms with E-state index in [-0.39, 0.29) is 5.56 Å². The topological polar surface area (TPSA) is 105 Å². The zero-order chi connectivity index (χ0) is 27.2. The number of thiophene rings is 1. The van der Waals surface area contributed by atoms with Crippen molar-refractivity contribution in [2.45, 2.75) is 0 Å². The normalized spacial score (nSPS) is 10.9. The van der Waals surface area contributed by atoms with Gasteiger partial charge in [0.25, 0.3) is 5.91 Å². The summed E-state index contributed by atoms with van der Waals surface area (Å²) in [5.74, 6) is 1.06. The molecule has 38 heavy (non-hydrogen) atoms. The molecule has 0 aliphatic carbocycles. The van der Waals surface area contributed by atoms with Crippen LogP contribution in [0.5, 0.6) is 28.7 Å². The number of rotatable bonds is 9. The average Bonchev–Trinajstić information content (AvgIpc) is 3.28. The second-order valence-electron chi connectivity index (χ2n) is 7.68. The molecule has 11 heteroatoms. The molecular weight excluding hydrogens is 532 g/mol. The van der Waals surface area contributed by atoms with Gasteiger partial charge in [-0.1, -0.05) is 11.6 Å². The fourth-order valence-electron chi connectivity index (χ4n) is 3.52. The number of hydrogen-bond acceptors (Lipinski definition) is 9. The van der Waals surface area contributed by atoms with Gasteiger partial charge in [0.2, 0.25) is 5.75 Å².